The predicted molar refractivity (Wildman–Crippen MR) is 61.1 cm³/mol. The normalized spacial score (nSPS) is 16.9. The lowest BCUT2D eigenvalue weighted by atomic mass is 10.0. The summed E-state index contributed by atoms with van der Waals surface area (Å²) in [6.45, 7) is 0. The molecule has 1 aliphatic heterocycles. The molecule has 6 heteroatoms. The van der Waals surface area contributed by atoms with Crippen LogP contribution in [0.25, 0.3) is 11.3 Å². The first-order valence-electron chi connectivity index (χ1n) is 5.04. The summed E-state index contributed by atoms with van der Waals surface area (Å²) in [4.78, 5) is 0. The average Bonchev–Trinajstić information content (AvgIpc) is 2.30. The van der Waals surface area contributed by atoms with E-state index in [0.717, 1.165) is 0 Å². The van der Waals surface area contributed by atoms with Crippen LogP contribution in [0.3, 0.4) is 0 Å². The van der Waals surface area contributed by atoms with Gasteiger partial charge in [0.1, 0.15) is 23.0 Å². The fourth-order valence-electron chi connectivity index (χ4n) is 1.89. The molecule has 1 atom stereocenters. The van der Waals surface area contributed by atoms with Crippen LogP contribution < -0.4 is 16.2 Å². The minimum absolute atomic E-state index is 0.0784. The maximum Gasteiger partial charge on any atom is 0.176 e. The highest BCUT2D eigenvalue weighted by atomic mass is 16.5. The first kappa shape index (κ1) is 9.86. The van der Waals surface area contributed by atoms with Crippen LogP contribution >= 0.6 is 0 Å². The summed E-state index contributed by atoms with van der Waals surface area (Å²) in [5.41, 5.74) is 13.0. The second-order valence-corrected chi connectivity index (χ2v) is 3.76. The van der Waals surface area contributed by atoms with Gasteiger partial charge in [-0.3, -0.25) is 5.73 Å². The lowest BCUT2D eigenvalue weighted by Crippen LogP contribution is -2.23. The first-order chi connectivity index (χ1) is 8.16. The fourth-order valence-corrected chi connectivity index (χ4v) is 1.89. The molecule has 0 saturated heterocycles. The number of ether oxygens (including phenoxy) is 1. The van der Waals surface area contributed by atoms with Crippen LogP contribution in [0.15, 0.2) is 24.3 Å². The summed E-state index contributed by atoms with van der Waals surface area (Å²) in [7, 11) is 0. The molecule has 1 aromatic heterocycles. The van der Waals surface area contributed by atoms with Gasteiger partial charge in [0.15, 0.2) is 6.23 Å². The molecule has 0 radical (unpaired) electrons. The largest absolute Gasteiger partial charge is 0.507 e. The second kappa shape index (κ2) is 3.33. The van der Waals surface area contributed by atoms with E-state index >= 15 is 0 Å². The van der Waals surface area contributed by atoms with E-state index in [2.05, 4.69) is 10.2 Å². The molecule has 5 N–H and O–H groups in total. The summed E-state index contributed by atoms with van der Waals surface area (Å²) in [6.07, 6.45) is -0.655. The Balaban J connectivity index is 2.32. The number of phenols is 1. The summed E-state index contributed by atoms with van der Waals surface area (Å²) < 4.78 is 5.49. The Morgan fingerprint density at radius 1 is 1.29 bits per heavy atom. The van der Waals surface area contributed by atoms with Gasteiger partial charge in [0.05, 0.1) is 5.56 Å². The van der Waals surface area contributed by atoms with Gasteiger partial charge in [-0.05, 0) is 18.2 Å². The molecule has 0 saturated carbocycles. The molecule has 0 aliphatic carbocycles. The molecule has 1 aliphatic rings. The molecule has 17 heavy (non-hydrogen) atoms. The van der Waals surface area contributed by atoms with E-state index in [-0.39, 0.29) is 11.6 Å². The van der Waals surface area contributed by atoms with Gasteiger partial charge in [0.2, 0.25) is 0 Å². The number of hydrogen-bond donors (Lipinski definition) is 3. The van der Waals surface area contributed by atoms with Gasteiger partial charge in [-0.15, -0.1) is 10.2 Å². The topological polar surface area (TPSA) is 107 Å². The molecule has 86 valence electrons. The quantitative estimate of drug-likeness (QED) is 0.617. The minimum Gasteiger partial charge on any atom is -0.507 e. The van der Waals surface area contributed by atoms with Gasteiger partial charge in [-0.25, -0.2) is 0 Å². The molecule has 0 spiro atoms. The third kappa shape index (κ3) is 1.38. The van der Waals surface area contributed by atoms with Crippen LogP contribution in [0.2, 0.25) is 0 Å². The van der Waals surface area contributed by atoms with Crippen LogP contribution in [-0.2, 0) is 0 Å². The lowest BCUT2D eigenvalue weighted by molar-refractivity contribution is 0.208. The zero-order valence-electron chi connectivity index (χ0n) is 8.79. The van der Waals surface area contributed by atoms with Gasteiger partial charge in [0.25, 0.3) is 0 Å². The van der Waals surface area contributed by atoms with Crippen molar-refractivity contribution in [3.63, 3.8) is 0 Å². The smallest absolute Gasteiger partial charge is 0.176 e. The van der Waals surface area contributed by atoms with Crippen LogP contribution in [0.1, 0.15) is 11.8 Å². The maximum absolute atomic E-state index is 9.84. The van der Waals surface area contributed by atoms with Crippen molar-refractivity contribution in [1.82, 2.24) is 10.2 Å². The number of aromatic nitrogens is 2. The van der Waals surface area contributed by atoms with Crippen LogP contribution in [0.4, 0.5) is 5.82 Å². The van der Waals surface area contributed by atoms with Crippen LogP contribution in [0, 0.1) is 0 Å². The monoisotopic (exact) mass is 230 g/mol. The maximum atomic E-state index is 9.84. The highest BCUT2D eigenvalue weighted by Crippen LogP contribution is 2.44. The van der Waals surface area contributed by atoms with E-state index < -0.39 is 6.23 Å². The third-order valence-corrected chi connectivity index (χ3v) is 2.64. The number of phenolic OH excluding ortho intramolecular Hbond substituents is 1. The lowest BCUT2D eigenvalue weighted by Gasteiger charge is -2.25. The molecule has 6 nitrogen and oxygen atoms in total. The van der Waals surface area contributed by atoms with Crippen molar-refractivity contribution in [2.75, 3.05) is 5.73 Å². The molecule has 1 aromatic carbocycles. The molecular weight excluding hydrogens is 220 g/mol. The summed E-state index contributed by atoms with van der Waals surface area (Å²) in [5.74, 6) is 0.834. The minimum atomic E-state index is -0.655. The Bertz CT molecular complexity index is 600. The molecule has 2 aromatic rings. The van der Waals surface area contributed by atoms with Gasteiger partial charge < -0.3 is 15.6 Å². The van der Waals surface area contributed by atoms with Gasteiger partial charge in [0, 0.05) is 5.56 Å². The Labute approximate surface area is 96.8 Å². The van der Waals surface area contributed by atoms with Crippen molar-refractivity contribution in [3.8, 4) is 22.8 Å². The molecule has 2 heterocycles. The summed E-state index contributed by atoms with van der Waals surface area (Å²) >= 11 is 0. The van der Waals surface area contributed by atoms with Crippen LogP contribution in [-0.4, -0.2) is 15.3 Å². The number of aromatic hydroxyl groups is 1. The molecule has 0 amide bonds. The number of nitrogen functional groups attached to an aromatic ring is 1. The number of nitrogens with zero attached hydrogens (tertiary/aromatic N) is 2. The van der Waals surface area contributed by atoms with E-state index in [1.807, 2.05) is 0 Å². The molecule has 0 unspecified atom stereocenters. The van der Waals surface area contributed by atoms with Gasteiger partial charge in [-0.1, -0.05) is 6.07 Å². The molecule has 0 fully saturated rings. The third-order valence-electron chi connectivity index (χ3n) is 2.64. The zero-order valence-corrected chi connectivity index (χ0v) is 8.79. The number of anilines is 1. The van der Waals surface area contributed by atoms with Gasteiger partial charge >= 0.3 is 0 Å². The standard InChI is InChI=1S/C11H10N4O2/c12-8-4-5-10(15-14-8)9-6(16)2-1-3-7(9)17-11(5)13/h1-4,11,16H,13H2,(H2,12,14)/t11-/m0/s1. The van der Waals surface area contributed by atoms with E-state index in [1.165, 1.54) is 0 Å². The Morgan fingerprint density at radius 3 is 2.94 bits per heavy atom. The molecular formula is C11H10N4O2. The van der Waals surface area contributed by atoms with Crippen LogP contribution in [0.5, 0.6) is 11.5 Å². The SMILES string of the molecule is Nc1cc2c(nn1)-c1c(O)cccc1O[C@@H]2N. The van der Waals surface area contributed by atoms with Crippen molar-refractivity contribution in [2.24, 2.45) is 5.73 Å². The van der Waals surface area contributed by atoms with E-state index in [9.17, 15) is 5.11 Å². The highest BCUT2D eigenvalue weighted by molar-refractivity contribution is 5.78. The Kier molecular flexibility index (Phi) is 1.93. The van der Waals surface area contributed by atoms with E-state index in [4.69, 9.17) is 16.2 Å². The Morgan fingerprint density at radius 2 is 2.12 bits per heavy atom. The predicted octanol–water partition coefficient (Wildman–Crippen LogP) is 0.781. The average molecular weight is 230 g/mol. The van der Waals surface area contributed by atoms with E-state index in [0.29, 0.717) is 22.6 Å². The molecule has 3 rings (SSSR count). The van der Waals surface area contributed by atoms with Crippen molar-refractivity contribution < 1.29 is 9.84 Å². The highest BCUT2D eigenvalue weighted by Gasteiger charge is 2.27. The van der Waals surface area contributed by atoms with Crippen molar-refractivity contribution >= 4 is 5.82 Å². The summed E-state index contributed by atoms with van der Waals surface area (Å²) in [5, 5.41) is 17.6. The van der Waals surface area contributed by atoms with E-state index in [1.54, 1.807) is 24.3 Å². The Hall–Kier alpha value is -2.34. The number of nitrogens with two attached hydrogens (primary N) is 2. The molecule has 0 bridgehead atoms. The number of rotatable bonds is 0. The number of fused-ring (bicyclic) bond motifs is 3. The van der Waals surface area contributed by atoms with Crippen molar-refractivity contribution in [2.45, 2.75) is 6.23 Å². The number of benzene rings is 1. The summed E-state index contributed by atoms with van der Waals surface area (Å²) in [6, 6.07) is 6.55. The van der Waals surface area contributed by atoms with Crippen molar-refractivity contribution in [3.05, 3.63) is 29.8 Å². The van der Waals surface area contributed by atoms with Gasteiger partial charge in [-0.2, -0.15) is 0 Å². The fraction of sp³-hybridized carbons (Fsp3) is 0.0909. The number of hydrogen-bond acceptors (Lipinski definition) is 6. The first-order valence-corrected chi connectivity index (χ1v) is 5.04. The van der Waals surface area contributed by atoms with Crippen molar-refractivity contribution in [1.29, 1.82) is 0 Å². The second-order valence-electron chi connectivity index (χ2n) is 3.76. The zero-order chi connectivity index (χ0) is 12.0.